The van der Waals surface area contributed by atoms with Crippen molar-refractivity contribution < 1.29 is 14.4 Å². The number of benzene rings is 1. The van der Waals surface area contributed by atoms with Crippen molar-refractivity contribution in [2.45, 2.75) is 37.8 Å². The molecule has 7 heteroatoms. The number of carbonyl (C=O) groups is 3. The number of urea groups is 1. The summed E-state index contributed by atoms with van der Waals surface area (Å²) in [6, 6.07) is 8.71. The van der Waals surface area contributed by atoms with Crippen LogP contribution in [-0.2, 0) is 9.59 Å². The highest BCUT2D eigenvalue weighted by molar-refractivity contribution is 6.04. The maximum Gasteiger partial charge on any atom is 0.325 e. The van der Waals surface area contributed by atoms with Crippen LogP contribution in [0.4, 0.5) is 4.79 Å². The molecule has 5 aliphatic heterocycles. The van der Waals surface area contributed by atoms with E-state index in [9.17, 15) is 14.4 Å². The van der Waals surface area contributed by atoms with Gasteiger partial charge in [-0.05, 0) is 44.3 Å². The predicted molar refractivity (Wildman–Crippen MR) is 103 cm³/mol. The highest BCUT2D eigenvalue weighted by Gasteiger charge is 2.54. The number of likely N-dealkylation sites (tertiary alicyclic amines) is 1. The molecule has 0 radical (unpaired) electrons. The van der Waals surface area contributed by atoms with Gasteiger partial charge in [0.15, 0.2) is 0 Å². The zero-order valence-electron chi connectivity index (χ0n) is 16.1. The number of aryl methyl sites for hydroxylation is 1. The van der Waals surface area contributed by atoms with Crippen molar-refractivity contribution >= 4 is 17.8 Å². The molecule has 148 valence electrons. The topological polar surface area (TPSA) is 73.0 Å². The second-order valence-electron chi connectivity index (χ2n) is 8.56. The summed E-state index contributed by atoms with van der Waals surface area (Å²) in [6.07, 6.45) is 2.24. The summed E-state index contributed by atoms with van der Waals surface area (Å²) in [6.45, 7) is 4.78. The molecule has 5 saturated heterocycles. The smallest absolute Gasteiger partial charge is 0.325 e. The molecular formula is C21H26N4O3. The molecule has 7 nitrogen and oxygen atoms in total. The molecule has 4 amide bonds. The Morgan fingerprint density at radius 3 is 2.46 bits per heavy atom. The fourth-order valence-corrected chi connectivity index (χ4v) is 5.65. The number of nitrogens with one attached hydrogen (secondary N) is 1. The molecule has 5 aliphatic rings. The zero-order chi connectivity index (χ0) is 19.4. The first-order chi connectivity index (χ1) is 13.5. The quantitative estimate of drug-likeness (QED) is 0.790. The van der Waals surface area contributed by atoms with E-state index < -0.39 is 6.03 Å². The van der Waals surface area contributed by atoms with E-state index in [1.54, 1.807) is 0 Å². The molecule has 2 bridgehead atoms. The average Bonchev–Trinajstić information content (AvgIpc) is 3.27. The first-order valence-corrected chi connectivity index (χ1v) is 10.2. The lowest BCUT2D eigenvalue weighted by Gasteiger charge is -2.51. The van der Waals surface area contributed by atoms with Crippen molar-refractivity contribution in [3.63, 3.8) is 0 Å². The average molecular weight is 382 g/mol. The summed E-state index contributed by atoms with van der Waals surface area (Å²) >= 11 is 0. The molecule has 0 spiro atoms. The molecule has 0 saturated carbocycles. The Balaban J connectivity index is 1.43. The van der Waals surface area contributed by atoms with Gasteiger partial charge in [-0.25, -0.2) is 4.79 Å². The van der Waals surface area contributed by atoms with Gasteiger partial charge >= 0.3 is 6.03 Å². The molecule has 0 unspecified atom stereocenters. The van der Waals surface area contributed by atoms with Gasteiger partial charge in [-0.15, -0.1) is 0 Å². The summed E-state index contributed by atoms with van der Waals surface area (Å²) < 4.78 is 0. The van der Waals surface area contributed by atoms with E-state index in [2.05, 4.69) is 41.4 Å². The third-order valence-electron chi connectivity index (χ3n) is 7.05. The number of hydrogen-bond donors (Lipinski definition) is 1. The molecule has 5 heterocycles. The van der Waals surface area contributed by atoms with Crippen LogP contribution in [0.2, 0.25) is 0 Å². The first-order valence-electron chi connectivity index (χ1n) is 10.2. The number of fused-ring (bicyclic) bond motifs is 2. The molecule has 6 rings (SSSR count). The van der Waals surface area contributed by atoms with E-state index in [4.69, 9.17) is 0 Å². The summed E-state index contributed by atoms with van der Waals surface area (Å²) in [7, 11) is 0. The Kier molecular flexibility index (Phi) is 4.16. The van der Waals surface area contributed by atoms with Gasteiger partial charge in [0.2, 0.25) is 5.91 Å². The minimum absolute atomic E-state index is 0.0133. The maximum atomic E-state index is 13.2. The Labute approximate surface area is 164 Å². The van der Waals surface area contributed by atoms with Crippen LogP contribution in [0.1, 0.15) is 29.9 Å². The van der Waals surface area contributed by atoms with Gasteiger partial charge in [0.1, 0.15) is 6.54 Å². The number of nitrogens with zero attached hydrogens (tertiary/aromatic N) is 3. The second-order valence-corrected chi connectivity index (χ2v) is 8.56. The van der Waals surface area contributed by atoms with E-state index in [1.807, 2.05) is 4.90 Å². The zero-order valence-corrected chi connectivity index (χ0v) is 16.1. The monoisotopic (exact) mass is 382 g/mol. The van der Waals surface area contributed by atoms with Crippen LogP contribution in [0.15, 0.2) is 24.3 Å². The van der Waals surface area contributed by atoms with Gasteiger partial charge < -0.3 is 10.2 Å². The normalized spacial score (nSPS) is 34.0. The Bertz CT molecular complexity index is 799. The molecule has 3 atom stereocenters. The van der Waals surface area contributed by atoms with Gasteiger partial charge in [0.25, 0.3) is 5.91 Å². The Morgan fingerprint density at radius 1 is 1.11 bits per heavy atom. The van der Waals surface area contributed by atoms with E-state index in [0.717, 1.165) is 30.8 Å². The van der Waals surface area contributed by atoms with Crippen molar-refractivity contribution in [1.82, 2.24) is 20.0 Å². The van der Waals surface area contributed by atoms with Crippen LogP contribution in [0.25, 0.3) is 0 Å². The lowest BCUT2D eigenvalue weighted by atomic mass is 9.75. The Hall–Kier alpha value is -2.41. The van der Waals surface area contributed by atoms with Gasteiger partial charge in [-0.1, -0.05) is 29.8 Å². The molecule has 1 aromatic rings. The van der Waals surface area contributed by atoms with Crippen molar-refractivity contribution in [3.05, 3.63) is 35.4 Å². The standard InChI is InChI=1S/C21H26N4O3/c1-13-2-4-14(5-3-13)16-11-24(18(27)12-25-17(26)10-22-21(25)28)19-15-6-8-23(9-7-15)20(16)19/h2-5,15-16,19-20H,6-12H2,1H3,(H,22,28)/t16-,19-,20-/m0/s1. The summed E-state index contributed by atoms with van der Waals surface area (Å²) in [5, 5.41) is 2.50. The largest absolute Gasteiger partial charge is 0.336 e. The van der Waals surface area contributed by atoms with E-state index in [0.29, 0.717) is 18.5 Å². The number of imide groups is 1. The fourth-order valence-electron chi connectivity index (χ4n) is 5.65. The third-order valence-corrected chi connectivity index (χ3v) is 7.05. The molecule has 1 aromatic carbocycles. The van der Waals surface area contributed by atoms with Crippen LogP contribution < -0.4 is 5.32 Å². The second kappa shape index (κ2) is 6.58. The fraction of sp³-hybridized carbons (Fsp3) is 0.571. The van der Waals surface area contributed by atoms with Crippen LogP contribution in [-0.4, -0.2) is 77.4 Å². The van der Waals surface area contributed by atoms with Gasteiger partial charge in [0, 0.05) is 18.5 Å². The van der Waals surface area contributed by atoms with Gasteiger partial charge in [-0.2, -0.15) is 0 Å². The highest BCUT2D eigenvalue weighted by atomic mass is 16.2. The molecule has 1 N–H and O–H groups in total. The number of amides is 4. The number of piperidine rings is 3. The lowest BCUT2D eigenvalue weighted by Crippen LogP contribution is -2.61. The SMILES string of the molecule is Cc1ccc([C@@H]2CN(C(=O)CN3C(=O)CNC3=O)[C@H]3C4CCN(CC4)[C@@H]23)cc1. The van der Waals surface area contributed by atoms with Gasteiger partial charge in [-0.3, -0.25) is 19.4 Å². The summed E-state index contributed by atoms with van der Waals surface area (Å²) in [4.78, 5) is 42.6. The van der Waals surface area contributed by atoms with E-state index in [1.165, 1.54) is 11.1 Å². The van der Waals surface area contributed by atoms with Crippen molar-refractivity contribution in [1.29, 1.82) is 0 Å². The number of rotatable bonds is 3. The van der Waals surface area contributed by atoms with E-state index >= 15 is 0 Å². The van der Waals surface area contributed by atoms with E-state index in [-0.39, 0.29) is 36.9 Å². The highest BCUT2D eigenvalue weighted by Crippen LogP contribution is 2.46. The first kappa shape index (κ1) is 17.7. The maximum absolute atomic E-state index is 13.2. The number of carbonyl (C=O) groups excluding carboxylic acids is 3. The molecule has 0 aliphatic carbocycles. The molecule has 5 fully saturated rings. The van der Waals surface area contributed by atoms with Crippen LogP contribution >= 0.6 is 0 Å². The lowest BCUT2D eigenvalue weighted by molar-refractivity contribution is -0.140. The van der Waals surface area contributed by atoms with Crippen molar-refractivity contribution in [2.75, 3.05) is 32.7 Å². The van der Waals surface area contributed by atoms with Crippen LogP contribution in [0.3, 0.4) is 0 Å². The Morgan fingerprint density at radius 2 is 1.82 bits per heavy atom. The molecular weight excluding hydrogens is 356 g/mol. The van der Waals surface area contributed by atoms with Crippen LogP contribution in [0.5, 0.6) is 0 Å². The van der Waals surface area contributed by atoms with Crippen molar-refractivity contribution in [2.24, 2.45) is 5.92 Å². The minimum Gasteiger partial charge on any atom is -0.336 e. The number of hydrogen-bond acceptors (Lipinski definition) is 4. The van der Waals surface area contributed by atoms with Gasteiger partial charge in [0.05, 0.1) is 12.6 Å². The minimum atomic E-state index is -0.460. The summed E-state index contributed by atoms with van der Waals surface area (Å²) in [5.41, 5.74) is 2.51. The van der Waals surface area contributed by atoms with Crippen LogP contribution in [0, 0.1) is 12.8 Å². The third kappa shape index (κ3) is 2.71. The predicted octanol–water partition coefficient (Wildman–Crippen LogP) is 0.935. The molecule has 28 heavy (non-hydrogen) atoms. The molecule has 0 aromatic heterocycles. The summed E-state index contributed by atoms with van der Waals surface area (Å²) in [5.74, 6) is 0.361. The van der Waals surface area contributed by atoms with Crippen molar-refractivity contribution in [3.8, 4) is 0 Å².